The Bertz CT molecular complexity index is 813. The number of amides is 2. The molecule has 0 bridgehead atoms. The molecule has 1 aliphatic rings. The fourth-order valence-electron chi connectivity index (χ4n) is 4.35. The molecule has 2 amide bonds. The third-order valence-electron chi connectivity index (χ3n) is 6.18. The van der Waals surface area contributed by atoms with Gasteiger partial charge in [0, 0.05) is 25.6 Å². The van der Waals surface area contributed by atoms with Crippen LogP contribution in [0.2, 0.25) is 0 Å². The van der Waals surface area contributed by atoms with Crippen molar-refractivity contribution in [2.24, 2.45) is 0 Å². The largest absolute Gasteiger partial charge is 0.353 e. The molecule has 1 saturated heterocycles. The molecule has 0 aliphatic carbocycles. The van der Waals surface area contributed by atoms with E-state index in [1.807, 2.05) is 53.4 Å². The van der Waals surface area contributed by atoms with E-state index in [4.69, 9.17) is 0 Å². The van der Waals surface area contributed by atoms with Crippen LogP contribution in [0.3, 0.4) is 0 Å². The monoisotopic (exact) mass is 421 g/mol. The van der Waals surface area contributed by atoms with Gasteiger partial charge in [-0.2, -0.15) is 0 Å². The molecule has 2 aromatic rings. The molecule has 0 radical (unpaired) electrons. The molecule has 1 fully saturated rings. The lowest BCUT2D eigenvalue weighted by atomic mass is 10.00. The third-order valence-corrected chi connectivity index (χ3v) is 6.18. The van der Waals surface area contributed by atoms with Crippen molar-refractivity contribution in [2.45, 2.75) is 51.6 Å². The lowest BCUT2D eigenvalue weighted by Crippen LogP contribution is -2.50. The fraction of sp³-hybridized carbons (Fsp3) is 0.462. The summed E-state index contributed by atoms with van der Waals surface area (Å²) in [7, 11) is 0. The smallest absolute Gasteiger partial charge is 0.244 e. The van der Waals surface area contributed by atoms with Gasteiger partial charge in [0.25, 0.3) is 0 Å². The Kier molecular flexibility index (Phi) is 8.65. The standard InChI is InChI=1S/C26H35N3O2/c1-3-28(4-2)25(22-13-9-6-10-14-22)26(31)29-19-17-23(18-20-29)27-24(30)16-15-21-11-7-5-8-12-21/h5-14,23,25H,3-4,15-20H2,1-2H3,(H,27,30). The number of aryl methyl sites for hydroxylation is 1. The number of nitrogens with zero attached hydrogens (tertiary/aromatic N) is 2. The van der Waals surface area contributed by atoms with Crippen LogP contribution in [-0.2, 0) is 16.0 Å². The molecule has 0 spiro atoms. The summed E-state index contributed by atoms with van der Waals surface area (Å²) >= 11 is 0. The van der Waals surface area contributed by atoms with Crippen molar-refractivity contribution >= 4 is 11.8 Å². The predicted molar refractivity (Wildman–Crippen MR) is 125 cm³/mol. The number of hydrogen-bond donors (Lipinski definition) is 1. The van der Waals surface area contributed by atoms with Crippen LogP contribution in [0.15, 0.2) is 60.7 Å². The van der Waals surface area contributed by atoms with Crippen LogP contribution in [-0.4, -0.2) is 53.8 Å². The zero-order valence-electron chi connectivity index (χ0n) is 18.8. The first-order valence-corrected chi connectivity index (χ1v) is 11.5. The highest BCUT2D eigenvalue weighted by Gasteiger charge is 2.32. The quantitative estimate of drug-likeness (QED) is 0.670. The van der Waals surface area contributed by atoms with E-state index in [0.717, 1.165) is 37.9 Å². The predicted octanol–water partition coefficient (Wildman–Crippen LogP) is 3.81. The minimum Gasteiger partial charge on any atom is -0.353 e. The van der Waals surface area contributed by atoms with E-state index >= 15 is 0 Å². The topological polar surface area (TPSA) is 52.7 Å². The second-order valence-corrected chi connectivity index (χ2v) is 8.19. The maximum absolute atomic E-state index is 13.4. The highest BCUT2D eigenvalue weighted by atomic mass is 16.2. The number of likely N-dealkylation sites (tertiary alicyclic amines) is 1. The summed E-state index contributed by atoms with van der Waals surface area (Å²) in [5, 5.41) is 3.17. The van der Waals surface area contributed by atoms with Gasteiger partial charge >= 0.3 is 0 Å². The molecule has 1 atom stereocenters. The maximum atomic E-state index is 13.4. The molecule has 31 heavy (non-hydrogen) atoms. The molecule has 5 heteroatoms. The number of nitrogens with one attached hydrogen (secondary N) is 1. The van der Waals surface area contributed by atoms with Gasteiger partial charge < -0.3 is 10.2 Å². The molecule has 1 heterocycles. The second-order valence-electron chi connectivity index (χ2n) is 8.19. The van der Waals surface area contributed by atoms with Crippen LogP contribution < -0.4 is 5.32 Å². The number of rotatable bonds is 9. The van der Waals surface area contributed by atoms with Gasteiger partial charge in [0.15, 0.2) is 0 Å². The molecule has 0 aromatic heterocycles. The first-order chi connectivity index (χ1) is 15.1. The van der Waals surface area contributed by atoms with E-state index in [0.29, 0.717) is 19.5 Å². The van der Waals surface area contributed by atoms with Gasteiger partial charge in [-0.15, -0.1) is 0 Å². The molecule has 2 aromatic carbocycles. The Morgan fingerprint density at radius 3 is 2.13 bits per heavy atom. The van der Waals surface area contributed by atoms with E-state index in [9.17, 15) is 9.59 Å². The number of likely N-dealkylation sites (N-methyl/N-ethyl adjacent to an activating group) is 1. The van der Waals surface area contributed by atoms with Gasteiger partial charge in [-0.05, 0) is 43.5 Å². The number of piperidine rings is 1. The Balaban J connectivity index is 1.52. The Hall–Kier alpha value is -2.66. The lowest BCUT2D eigenvalue weighted by Gasteiger charge is -2.37. The SMILES string of the molecule is CCN(CC)C(C(=O)N1CCC(NC(=O)CCc2ccccc2)CC1)c1ccccc1. The summed E-state index contributed by atoms with van der Waals surface area (Å²) in [6.45, 7) is 7.24. The van der Waals surface area contributed by atoms with Gasteiger partial charge in [-0.1, -0.05) is 74.5 Å². The van der Waals surface area contributed by atoms with Crippen LogP contribution in [0.1, 0.15) is 50.3 Å². The molecular formula is C26H35N3O2. The normalized spacial score (nSPS) is 15.6. The molecular weight excluding hydrogens is 386 g/mol. The first-order valence-electron chi connectivity index (χ1n) is 11.5. The second kappa shape index (κ2) is 11.7. The number of carbonyl (C=O) groups is 2. The average Bonchev–Trinajstić information content (AvgIpc) is 2.82. The Labute approximate surface area is 186 Å². The number of hydrogen-bond acceptors (Lipinski definition) is 3. The lowest BCUT2D eigenvalue weighted by molar-refractivity contribution is -0.138. The van der Waals surface area contributed by atoms with Crippen molar-refractivity contribution in [1.82, 2.24) is 15.1 Å². The van der Waals surface area contributed by atoms with Crippen LogP contribution in [0.5, 0.6) is 0 Å². The summed E-state index contributed by atoms with van der Waals surface area (Å²) < 4.78 is 0. The molecule has 5 nitrogen and oxygen atoms in total. The fourth-order valence-corrected chi connectivity index (χ4v) is 4.35. The molecule has 1 aliphatic heterocycles. The van der Waals surface area contributed by atoms with Crippen molar-refractivity contribution in [3.8, 4) is 0 Å². The minimum absolute atomic E-state index is 0.0962. The van der Waals surface area contributed by atoms with E-state index in [-0.39, 0.29) is 23.9 Å². The van der Waals surface area contributed by atoms with Gasteiger partial charge in [0.1, 0.15) is 6.04 Å². The molecule has 166 valence electrons. The molecule has 1 N–H and O–H groups in total. The van der Waals surface area contributed by atoms with Crippen molar-refractivity contribution < 1.29 is 9.59 Å². The van der Waals surface area contributed by atoms with Gasteiger partial charge in [0.05, 0.1) is 0 Å². The average molecular weight is 422 g/mol. The van der Waals surface area contributed by atoms with E-state index in [1.165, 1.54) is 5.56 Å². The Morgan fingerprint density at radius 1 is 0.968 bits per heavy atom. The van der Waals surface area contributed by atoms with E-state index < -0.39 is 0 Å². The highest BCUT2D eigenvalue weighted by Crippen LogP contribution is 2.25. The first kappa shape index (κ1) is 23.0. The summed E-state index contributed by atoms with van der Waals surface area (Å²) in [6, 6.07) is 20.1. The van der Waals surface area contributed by atoms with Crippen LogP contribution in [0, 0.1) is 0 Å². The zero-order valence-corrected chi connectivity index (χ0v) is 18.8. The van der Waals surface area contributed by atoms with Crippen LogP contribution in [0.4, 0.5) is 0 Å². The molecule has 3 rings (SSSR count). The molecule has 0 saturated carbocycles. The van der Waals surface area contributed by atoms with E-state index in [1.54, 1.807) is 0 Å². The van der Waals surface area contributed by atoms with Gasteiger partial charge in [0.2, 0.25) is 11.8 Å². The number of carbonyl (C=O) groups excluding carboxylic acids is 2. The summed E-state index contributed by atoms with van der Waals surface area (Å²) in [6.07, 6.45) is 2.87. The van der Waals surface area contributed by atoms with Gasteiger partial charge in [-0.3, -0.25) is 14.5 Å². The third kappa shape index (κ3) is 6.41. The summed E-state index contributed by atoms with van der Waals surface area (Å²) in [5.41, 5.74) is 2.23. The van der Waals surface area contributed by atoms with Crippen molar-refractivity contribution in [3.63, 3.8) is 0 Å². The number of benzene rings is 2. The Morgan fingerprint density at radius 2 is 1.55 bits per heavy atom. The summed E-state index contributed by atoms with van der Waals surface area (Å²) in [5.74, 6) is 0.266. The summed E-state index contributed by atoms with van der Waals surface area (Å²) in [4.78, 5) is 30.0. The minimum atomic E-state index is -0.242. The zero-order chi connectivity index (χ0) is 22.1. The molecule has 1 unspecified atom stereocenters. The van der Waals surface area contributed by atoms with Crippen LogP contribution >= 0.6 is 0 Å². The van der Waals surface area contributed by atoms with Crippen molar-refractivity contribution in [3.05, 3.63) is 71.8 Å². The van der Waals surface area contributed by atoms with Crippen molar-refractivity contribution in [1.29, 1.82) is 0 Å². The highest BCUT2D eigenvalue weighted by molar-refractivity contribution is 5.83. The maximum Gasteiger partial charge on any atom is 0.244 e. The van der Waals surface area contributed by atoms with Crippen molar-refractivity contribution in [2.75, 3.05) is 26.2 Å². The van der Waals surface area contributed by atoms with Crippen LogP contribution in [0.25, 0.3) is 0 Å². The van der Waals surface area contributed by atoms with Gasteiger partial charge in [-0.25, -0.2) is 0 Å². The van der Waals surface area contributed by atoms with E-state index in [2.05, 4.69) is 36.2 Å².